The van der Waals surface area contributed by atoms with Crippen molar-refractivity contribution >= 4 is 109 Å². The van der Waals surface area contributed by atoms with Crippen LogP contribution in [0, 0.1) is 69.3 Å². The van der Waals surface area contributed by atoms with Crippen LogP contribution in [-0.4, -0.2) is 259 Å². The van der Waals surface area contributed by atoms with E-state index in [1.54, 1.807) is 72.4 Å². The van der Waals surface area contributed by atoms with Crippen molar-refractivity contribution in [3.63, 3.8) is 0 Å². The highest BCUT2D eigenvalue weighted by atomic mass is 19.4. The number of anilines is 6. The van der Waals surface area contributed by atoms with Gasteiger partial charge in [0.05, 0.1) is 146 Å². The Bertz CT molecular complexity index is 5900. The zero-order valence-corrected chi connectivity index (χ0v) is 77.6. The van der Waals surface area contributed by atoms with E-state index in [0.29, 0.717) is 159 Å². The Labute approximate surface area is 806 Å². The van der Waals surface area contributed by atoms with Gasteiger partial charge in [0.2, 0.25) is 0 Å². The number of alkyl halides is 3. The molecule has 11 N–H and O–H groups in total. The number of aromatic nitrogens is 6. The molecule has 4 amide bonds. The van der Waals surface area contributed by atoms with Gasteiger partial charge in [-0.1, -0.05) is 37.1 Å². The Morgan fingerprint density at radius 2 is 0.655 bits per heavy atom. The van der Waals surface area contributed by atoms with Gasteiger partial charge in [-0.25, -0.2) is 38.9 Å². The number of H-pyrrole nitrogens is 3. The average molecular weight is 1950 g/mol. The van der Waals surface area contributed by atoms with Crippen molar-refractivity contribution in [3.8, 4) is 28.7 Å². The smallest absolute Gasteiger partial charge is 0.471 e. The number of nitro benzene ring substituents is 1. The standard InChI is InChI=1S/C20H26N4O4.C20H27N3O7.C20H29N3O5.C17H17F3N4O3.C15H18N4O2.5CH4/c1-20(2,3)28-19(26)24-8-11-5-12(9-24)17(11)23-15-6-13-14(7-16(15)27-4)21-10-22-18(13)25;1-20(2,3)30-19(25)22-9-11-6-12(10-22)17(11)21-14-7-13(18(24)29-5)15(23(26)27)8-16(14)28-4;1-20(2,3)28-19(25)23-9-11-6-12(10-23)17(11)22-15-7-13(18(24)27-5)14(21)8-16(15)26-4;1-27-13-4-11-10(15(25)22-7-21-11)3-12(13)23-14-8-2-9(14)6-24(5-8)16(26)17(18,19)20;1-21-13-4-11-10(15(20)18-7-17-11)3-12(13)19-14-8-2-9(14)6-16-5-8;;;;;/h6-7,10-12,17,23H,5,8-9H2,1-4H3,(H,21,22,25);7-8,11-12,17,21H,6,9-10H2,1-5H3;7-8,11-12,17,22H,6,9-10,21H2,1-5H3;3-4,7-9,14,23H,2,5-6H2,1H3,(H,21,22,25);3-4,7-9,14,16,19H,2,5-6H2,1H3,(H,17,18,20);5*1H4/t3*11-,12+,17?;2*8-,9+,14?;;;;;. The number of piperidine rings is 10. The molecule has 5 aromatic carbocycles. The maximum Gasteiger partial charge on any atom is 0.471 e. The molecule has 139 heavy (non-hydrogen) atoms. The van der Waals surface area contributed by atoms with Gasteiger partial charge >= 0.3 is 42.3 Å². The van der Waals surface area contributed by atoms with Crippen molar-refractivity contribution in [2.75, 3.05) is 148 Å². The van der Waals surface area contributed by atoms with Crippen LogP contribution < -0.4 is 78.0 Å². The molecule has 8 heterocycles. The Morgan fingerprint density at radius 3 is 0.928 bits per heavy atom. The molecule has 3 aromatic heterocycles. The van der Waals surface area contributed by atoms with E-state index in [-0.39, 0.29) is 150 Å². The molecule has 5 aliphatic heterocycles. The second kappa shape index (κ2) is 44.2. The third-order valence-corrected chi connectivity index (χ3v) is 26.2. The first-order valence-corrected chi connectivity index (χ1v) is 44.5. The van der Waals surface area contributed by atoms with Crippen LogP contribution in [0.2, 0.25) is 0 Å². The van der Waals surface area contributed by atoms with Crippen LogP contribution in [-0.2, 0) is 28.5 Å². The fourth-order valence-corrected chi connectivity index (χ4v) is 19.7. The molecule has 39 nitrogen and oxygen atoms in total. The van der Waals surface area contributed by atoms with Crippen molar-refractivity contribution < 1.29 is 94.2 Å². The minimum atomic E-state index is -4.84. The molecule has 18 rings (SSSR count). The summed E-state index contributed by atoms with van der Waals surface area (Å²) >= 11 is 0. The number of halogens is 3. The Morgan fingerprint density at radius 1 is 0.396 bits per heavy atom. The molecular weight excluding hydrogens is 1810 g/mol. The lowest BCUT2D eigenvalue weighted by Crippen LogP contribution is -2.63. The summed E-state index contributed by atoms with van der Waals surface area (Å²) in [5.74, 6) is 2.55. The fraction of sp³-hybridized carbons (Fsp3) is 0.567. The summed E-state index contributed by atoms with van der Waals surface area (Å²) in [5.41, 5.74) is 9.03. The normalized spacial score (nSPS) is 23.3. The lowest BCUT2D eigenvalue weighted by molar-refractivity contribution is -0.385. The molecule has 0 spiro atoms. The van der Waals surface area contributed by atoms with Gasteiger partial charge < -0.3 is 120 Å². The van der Waals surface area contributed by atoms with Crippen molar-refractivity contribution in [2.24, 2.45) is 59.2 Å². The molecule has 10 fully saturated rings. The monoisotopic (exact) mass is 1950 g/mol. The highest BCUT2D eigenvalue weighted by Gasteiger charge is 2.55. The second-order valence-corrected chi connectivity index (χ2v) is 38.5. The zero-order chi connectivity index (χ0) is 96.6. The van der Waals surface area contributed by atoms with E-state index in [0.717, 1.165) is 60.8 Å². The molecule has 5 saturated carbocycles. The van der Waals surface area contributed by atoms with E-state index in [1.807, 2.05) is 74.4 Å². The van der Waals surface area contributed by atoms with Gasteiger partial charge in [-0.3, -0.25) is 29.3 Å². The maximum absolute atomic E-state index is 12.6. The van der Waals surface area contributed by atoms with Gasteiger partial charge in [-0.15, -0.1) is 0 Å². The number of nitrogens with one attached hydrogen (secondary N) is 9. The fourth-order valence-electron chi connectivity index (χ4n) is 19.7. The SMILES string of the molecule is C.C.C.C.C.COC(=O)c1cc(NC2[C@@H]3C[C@H]2CN(C(=O)OC(C)(C)C)C3)c(OC)cc1N.COC(=O)c1cc(NC2[C@@H]3C[C@H]2CN(C(=O)OC(C)(C)C)C3)c(OC)cc1[N+](=O)[O-].COc1cc2nc[nH]c(=O)c2cc1NC1[C@@H]2CNC[C@H]1C2.COc1cc2nc[nH]c(=O)c2cc1NC1[C@@H]2C[C@H]1CN(C(=O)C(F)(F)F)C2.COc1cc2nc[nH]c(=O)c2cc1NC1[C@@H]2C[C@H]1CN(C(=O)OC(C)(C)C)C2. The minimum Gasteiger partial charge on any atom is -0.495 e. The zero-order valence-electron chi connectivity index (χ0n) is 77.6. The van der Waals surface area contributed by atoms with E-state index in [9.17, 15) is 66.4 Å². The number of amides is 4. The van der Waals surface area contributed by atoms with Gasteiger partial charge in [0.25, 0.3) is 22.4 Å². The predicted molar refractivity (Wildman–Crippen MR) is 524 cm³/mol. The number of esters is 2. The minimum absolute atomic E-state index is 0. The van der Waals surface area contributed by atoms with Crippen molar-refractivity contribution in [3.05, 3.63) is 132 Å². The molecule has 0 radical (unpaired) electrons. The number of hydrogen-bond donors (Lipinski definition) is 10. The van der Waals surface area contributed by atoms with Crippen LogP contribution >= 0.6 is 0 Å². The highest BCUT2D eigenvalue weighted by Crippen LogP contribution is 2.50. The summed E-state index contributed by atoms with van der Waals surface area (Å²) < 4.78 is 90.9. The number of nitrogen functional groups attached to an aromatic ring is 1. The number of nitro groups is 1. The highest BCUT2D eigenvalue weighted by molar-refractivity contribution is 5.98. The second-order valence-electron chi connectivity index (χ2n) is 38.5. The number of hydrogen-bond acceptors (Lipinski definition) is 31. The van der Waals surface area contributed by atoms with Crippen LogP contribution in [0.3, 0.4) is 0 Å². The molecule has 5 saturated heterocycles. The Hall–Kier alpha value is -13.3. The van der Waals surface area contributed by atoms with E-state index in [2.05, 4.69) is 66.5 Å². The third kappa shape index (κ3) is 24.3. The first-order valence-electron chi connectivity index (χ1n) is 44.5. The molecule has 15 atom stereocenters. The first kappa shape index (κ1) is 109. The molecule has 10 aliphatic rings. The molecule has 8 aromatic rings. The van der Waals surface area contributed by atoms with Gasteiger partial charge in [-0.2, -0.15) is 13.2 Å². The number of nitrogens with zero attached hydrogens (tertiary/aromatic N) is 8. The lowest BCUT2D eigenvalue weighted by Gasteiger charge is -2.54. The maximum atomic E-state index is 12.6. The quantitative estimate of drug-likeness (QED) is 0.0125. The van der Waals surface area contributed by atoms with E-state index < -0.39 is 45.7 Å². The summed E-state index contributed by atoms with van der Waals surface area (Å²) in [6.45, 7) is 22.7. The Kier molecular flexibility index (Phi) is 34.8. The Balaban J connectivity index is 0.000000193. The summed E-state index contributed by atoms with van der Waals surface area (Å²) in [5, 5.41) is 33.5. The van der Waals surface area contributed by atoms with Gasteiger partial charge in [-0.05, 0) is 197 Å². The van der Waals surface area contributed by atoms with Crippen LogP contribution in [0.1, 0.15) is 152 Å². The molecule has 762 valence electrons. The lowest BCUT2D eigenvalue weighted by atomic mass is 9.66. The van der Waals surface area contributed by atoms with E-state index in [4.69, 9.17) is 48.4 Å². The number of ether oxygens (including phenoxy) is 10. The number of nitrogens with two attached hydrogens (primary N) is 1. The van der Waals surface area contributed by atoms with Crippen LogP contribution in [0.25, 0.3) is 32.7 Å². The average Bonchev–Trinajstić information content (AvgIpc) is 0.753. The van der Waals surface area contributed by atoms with E-state index >= 15 is 0 Å². The first-order chi connectivity index (χ1) is 63.4. The molecule has 5 unspecified atom stereocenters. The van der Waals surface area contributed by atoms with Crippen molar-refractivity contribution in [1.29, 1.82) is 0 Å². The number of rotatable bonds is 18. The number of fused-ring (bicyclic) bond motifs is 13. The number of methoxy groups -OCH3 is 7. The van der Waals surface area contributed by atoms with E-state index in [1.165, 1.54) is 66.0 Å². The summed E-state index contributed by atoms with van der Waals surface area (Å²) in [4.78, 5) is 146. The van der Waals surface area contributed by atoms with Gasteiger partial charge in [0.15, 0.2) is 0 Å². The molecule has 10 bridgehead atoms. The number of carbonyl (C=O) groups is 6. The van der Waals surface area contributed by atoms with Gasteiger partial charge in [0, 0.05) is 113 Å². The molecule has 5 aliphatic carbocycles. The number of aromatic amines is 3. The summed E-state index contributed by atoms with van der Waals surface area (Å²) in [7, 11) is 10.2. The summed E-state index contributed by atoms with van der Waals surface area (Å²) in [6.07, 6.45) is 3.57. The largest absolute Gasteiger partial charge is 0.495 e. The van der Waals surface area contributed by atoms with Gasteiger partial charge in [0.1, 0.15) is 51.1 Å². The summed E-state index contributed by atoms with van der Waals surface area (Å²) in [6, 6.07) is 17.3. The number of likely N-dealkylation sites (tertiary alicyclic amines) is 4. The molecular formula is C97H137F3N18O21. The van der Waals surface area contributed by atoms with Crippen molar-refractivity contribution in [2.45, 2.75) is 185 Å². The van der Waals surface area contributed by atoms with Crippen molar-refractivity contribution in [1.82, 2.24) is 54.8 Å². The van der Waals surface area contributed by atoms with Crippen LogP contribution in [0.4, 0.5) is 67.4 Å². The van der Waals surface area contributed by atoms with Crippen LogP contribution in [0.5, 0.6) is 28.7 Å². The predicted octanol–water partition coefficient (Wildman–Crippen LogP) is 14.3. The van der Waals surface area contributed by atoms with Crippen LogP contribution in [0.15, 0.2) is 94.0 Å². The topological polar surface area (TPSA) is 486 Å². The molecule has 42 heteroatoms. The third-order valence-electron chi connectivity index (χ3n) is 26.2. The number of carbonyl (C=O) groups excluding carboxylic acids is 6. The number of benzene rings is 5.